The molecular formula is C12H15N3O3S. The number of carbonyl (C=O) groups is 1. The van der Waals surface area contributed by atoms with Crippen molar-refractivity contribution in [1.82, 2.24) is 14.9 Å². The highest BCUT2D eigenvalue weighted by molar-refractivity contribution is 7.15. The molecule has 0 saturated carbocycles. The van der Waals surface area contributed by atoms with E-state index >= 15 is 0 Å². The molecule has 2 aromatic heterocycles. The zero-order valence-corrected chi connectivity index (χ0v) is 11.2. The lowest BCUT2D eigenvalue weighted by molar-refractivity contribution is -0.200. The summed E-state index contributed by atoms with van der Waals surface area (Å²) in [4.78, 5) is 22.2. The Labute approximate surface area is 114 Å². The van der Waals surface area contributed by atoms with E-state index < -0.39 is 0 Å². The third-order valence-corrected chi connectivity index (χ3v) is 3.70. The summed E-state index contributed by atoms with van der Waals surface area (Å²) >= 11 is 1.54. The van der Waals surface area contributed by atoms with Crippen LogP contribution in [0.3, 0.4) is 0 Å². The zero-order chi connectivity index (χ0) is 13.1. The van der Waals surface area contributed by atoms with Crippen molar-refractivity contribution in [3.8, 4) is 0 Å². The fourth-order valence-electron chi connectivity index (χ4n) is 2.00. The van der Waals surface area contributed by atoms with Crippen LogP contribution in [-0.4, -0.2) is 28.2 Å². The molecule has 0 aliphatic carbocycles. The highest BCUT2D eigenvalue weighted by Gasteiger charge is 2.16. The van der Waals surface area contributed by atoms with E-state index in [0.29, 0.717) is 6.61 Å². The fourth-order valence-corrected chi connectivity index (χ4v) is 2.72. The molecule has 2 aromatic rings. The van der Waals surface area contributed by atoms with Gasteiger partial charge in [-0.2, -0.15) is 0 Å². The minimum Gasteiger partial charge on any atom is -0.350 e. The number of rotatable bonds is 4. The van der Waals surface area contributed by atoms with E-state index in [1.165, 1.54) is 0 Å². The zero-order valence-electron chi connectivity index (χ0n) is 10.4. The summed E-state index contributed by atoms with van der Waals surface area (Å²) in [6.07, 6.45) is 6.60. The van der Waals surface area contributed by atoms with Crippen molar-refractivity contribution in [3.63, 3.8) is 0 Å². The molecular weight excluding hydrogens is 266 g/mol. The van der Waals surface area contributed by atoms with Gasteiger partial charge < -0.3 is 4.74 Å². The average molecular weight is 281 g/mol. The number of imidazole rings is 1. The Hall–Kier alpha value is -1.44. The highest BCUT2D eigenvalue weighted by Crippen LogP contribution is 2.13. The number of carbonyl (C=O) groups excluding carboxylic acids is 1. The van der Waals surface area contributed by atoms with E-state index in [2.05, 4.69) is 10.5 Å². The van der Waals surface area contributed by atoms with Gasteiger partial charge >= 0.3 is 0 Å². The van der Waals surface area contributed by atoms with Crippen LogP contribution in [0.4, 0.5) is 0 Å². The molecule has 0 spiro atoms. The second kappa shape index (κ2) is 5.68. The quantitative estimate of drug-likeness (QED) is 0.863. The van der Waals surface area contributed by atoms with Gasteiger partial charge in [-0.1, -0.05) is 0 Å². The van der Waals surface area contributed by atoms with Crippen molar-refractivity contribution < 1.29 is 14.4 Å². The number of nitrogens with one attached hydrogen (secondary N) is 1. The second-order valence-electron chi connectivity index (χ2n) is 4.44. The topological polar surface area (TPSA) is 64.9 Å². The van der Waals surface area contributed by atoms with Gasteiger partial charge in [0.05, 0.1) is 12.1 Å². The summed E-state index contributed by atoms with van der Waals surface area (Å²) in [7, 11) is 0. The van der Waals surface area contributed by atoms with Gasteiger partial charge in [-0.15, -0.1) is 11.3 Å². The molecule has 1 saturated heterocycles. The molecule has 19 heavy (non-hydrogen) atoms. The van der Waals surface area contributed by atoms with Crippen molar-refractivity contribution in [2.24, 2.45) is 0 Å². The van der Waals surface area contributed by atoms with Gasteiger partial charge in [-0.3, -0.25) is 9.20 Å². The normalized spacial score (nSPS) is 19.7. The van der Waals surface area contributed by atoms with Gasteiger partial charge in [0.25, 0.3) is 0 Å². The molecule has 3 heterocycles. The van der Waals surface area contributed by atoms with Crippen molar-refractivity contribution in [1.29, 1.82) is 0 Å². The number of hydrogen-bond donors (Lipinski definition) is 1. The molecule has 3 rings (SSSR count). The van der Waals surface area contributed by atoms with Crippen LogP contribution in [-0.2, 0) is 20.8 Å². The summed E-state index contributed by atoms with van der Waals surface area (Å²) in [5, 5.41) is 1.95. The molecule has 1 atom stereocenters. The van der Waals surface area contributed by atoms with Crippen LogP contribution in [0.25, 0.3) is 4.96 Å². The number of ether oxygens (including phenoxy) is 1. The van der Waals surface area contributed by atoms with E-state index in [0.717, 1.165) is 29.9 Å². The summed E-state index contributed by atoms with van der Waals surface area (Å²) < 4.78 is 7.26. The minimum atomic E-state index is -0.316. The Morgan fingerprint density at radius 1 is 1.63 bits per heavy atom. The lowest BCUT2D eigenvalue weighted by Gasteiger charge is -2.21. The van der Waals surface area contributed by atoms with Crippen LogP contribution in [0.2, 0.25) is 0 Å². The predicted molar refractivity (Wildman–Crippen MR) is 69.6 cm³/mol. The van der Waals surface area contributed by atoms with Crippen molar-refractivity contribution in [2.75, 3.05) is 6.61 Å². The lowest BCUT2D eigenvalue weighted by Crippen LogP contribution is -2.33. The van der Waals surface area contributed by atoms with Gasteiger partial charge in [-0.25, -0.2) is 15.3 Å². The minimum absolute atomic E-state index is 0.208. The maximum absolute atomic E-state index is 11.7. The first-order chi connectivity index (χ1) is 9.31. The molecule has 0 aromatic carbocycles. The largest absolute Gasteiger partial charge is 0.350 e. The van der Waals surface area contributed by atoms with E-state index in [9.17, 15) is 4.79 Å². The Bertz CT molecular complexity index is 531. The Kier molecular flexibility index (Phi) is 3.77. The van der Waals surface area contributed by atoms with Gasteiger partial charge in [0, 0.05) is 30.8 Å². The van der Waals surface area contributed by atoms with Crippen LogP contribution in [0, 0.1) is 0 Å². The Morgan fingerprint density at radius 3 is 3.37 bits per heavy atom. The molecule has 1 aliphatic heterocycles. The van der Waals surface area contributed by atoms with Crippen molar-refractivity contribution >= 4 is 22.2 Å². The lowest BCUT2D eigenvalue weighted by atomic mass is 10.2. The summed E-state index contributed by atoms with van der Waals surface area (Å²) in [6, 6.07) is 0. The molecule has 102 valence electrons. The third kappa shape index (κ3) is 3.12. The monoisotopic (exact) mass is 281 g/mol. The van der Waals surface area contributed by atoms with Gasteiger partial charge in [0.1, 0.15) is 0 Å². The number of nitrogens with zero attached hydrogens (tertiary/aromatic N) is 2. The maximum atomic E-state index is 11.7. The highest BCUT2D eigenvalue weighted by atomic mass is 32.1. The average Bonchev–Trinajstić information content (AvgIpc) is 2.98. The molecule has 0 bridgehead atoms. The molecule has 1 fully saturated rings. The first kappa shape index (κ1) is 12.6. The molecule has 1 N–H and O–H groups in total. The van der Waals surface area contributed by atoms with Crippen LogP contribution in [0.5, 0.6) is 0 Å². The SMILES string of the molecule is O=C(Cc1cn2ccsc2n1)NO[C@H]1CCCCO1. The summed E-state index contributed by atoms with van der Waals surface area (Å²) in [5.41, 5.74) is 3.16. The van der Waals surface area contributed by atoms with Crippen molar-refractivity contribution in [3.05, 3.63) is 23.5 Å². The molecule has 0 radical (unpaired) electrons. The Balaban J connectivity index is 1.49. The van der Waals surface area contributed by atoms with Gasteiger partial charge in [0.2, 0.25) is 5.91 Å². The molecule has 7 heteroatoms. The number of amides is 1. The number of hydrogen-bond acceptors (Lipinski definition) is 5. The van der Waals surface area contributed by atoms with E-state index in [1.807, 2.05) is 22.2 Å². The standard InChI is InChI=1S/C12H15N3O3S/c16-10(14-18-11-3-1-2-5-17-11)7-9-8-15-4-6-19-12(15)13-9/h4,6,8,11H,1-3,5,7H2,(H,14,16)/t11-/m0/s1. The fraction of sp³-hybridized carbons (Fsp3) is 0.500. The third-order valence-electron chi connectivity index (χ3n) is 2.93. The van der Waals surface area contributed by atoms with E-state index in [-0.39, 0.29) is 18.6 Å². The van der Waals surface area contributed by atoms with Crippen molar-refractivity contribution in [2.45, 2.75) is 32.0 Å². The number of thiazole rings is 1. The second-order valence-corrected chi connectivity index (χ2v) is 5.31. The molecule has 0 unspecified atom stereocenters. The maximum Gasteiger partial charge on any atom is 0.249 e. The number of hydroxylamine groups is 1. The van der Waals surface area contributed by atoms with Crippen LogP contribution < -0.4 is 5.48 Å². The molecule has 6 nitrogen and oxygen atoms in total. The molecule has 1 aliphatic rings. The van der Waals surface area contributed by atoms with E-state index in [4.69, 9.17) is 9.57 Å². The number of fused-ring (bicyclic) bond motifs is 1. The van der Waals surface area contributed by atoms with Crippen LogP contribution >= 0.6 is 11.3 Å². The van der Waals surface area contributed by atoms with Gasteiger partial charge in [-0.05, 0) is 12.8 Å². The number of aromatic nitrogens is 2. The predicted octanol–water partition coefficient (Wildman–Crippen LogP) is 1.51. The molecule has 1 amide bonds. The first-order valence-corrected chi connectivity index (χ1v) is 7.16. The van der Waals surface area contributed by atoms with Gasteiger partial charge in [0.15, 0.2) is 11.3 Å². The summed E-state index contributed by atoms with van der Waals surface area (Å²) in [6.45, 7) is 0.692. The van der Waals surface area contributed by atoms with Crippen LogP contribution in [0.1, 0.15) is 25.0 Å². The Morgan fingerprint density at radius 2 is 2.58 bits per heavy atom. The first-order valence-electron chi connectivity index (χ1n) is 6.28. The smallest absolute Gasteiger partial charge is 0.249 e. The van der Waals surface area contributed by atoms with E-state index in [1.54, 1.807) is 11.3 Å². The summed E-state index contributed by atoms with van der Waals surface area (Å²) in [5.74, 6) is -0.208. The van der Waals surface area contributed by atoms with Crippen LogP contribution in [0.15, 0.2) is 17.8 Å².